The van der Waals surface area contributed by atoms with Gasteiger partial charge in [-0.15, -0.1) is 10.2 Å². The van der Waals surface area contributed by atoms with Crippen LogP contribution in [0.15, 0.2) is 28.7 Å². The maximum Gasteiger partial charge on any atom is 0.278 e. The number of benzene rings is 1. The van der Waals surface area contributed by atoms with E-state index in [-0.39, 0.29) is 0 Å². The molecule has 3 nitrogen and oxygen atoms in total. The highest BCUT2D eigenvalue weighted by Crippen LogP contribution is 2.20. The predicted octanol–water partition coefficient (Wildman–Crippen LogP) is 2.95. The Bertz CT molecular complexity index is 428. The minimum atomic E-state index is 0.562. The Hall–Kier alpha value is -0.180. The zero-order chi connectivity index (χ0) is 9.26. The fraction of sp³-hybridized carbons (Fsp3) is 0. The molecule has 5 heteroatoms. The zero-order valence-corrected chi connectivity index (χ0v) is 10.7. The van der Waals surface area contributed by atoms with E-state index >= 15 is 0 Å². The highest BCUT2D eigenvalue weighted by atomic mass is 127. The van der Waals surface area contributed by atoms with Crippen LogP contribution in [0.25, 0.3) is 11.5 Å². The maximum atomic E-state index is 5.29. The maximum absolute atomic E-state index is 5.29. The van der Waals surface area contributed by atoms with Crippen LogP contribution in [-0.2, 0) is 0 Å². The summed E-state index contributed by atoms with van der Waals surface area (Å²) in [6.07, 6.45) is 0. The Balaban J connectivity index is 2.46. The van der Waals surface area contributed by atoms with E-state index in [9.17, 15) is 0 Å². The molecule has 2 aromatic rings. The fourth-order valence-corrected chi connectivity index (χ4v) is 1.80. The molecule has 0 N–H and O–H groups in total. The number of nitrogens with zero attached hydrogens (tertiary/aromatic N) is 2. The van der Waals surface area contributed by atoms with Gasteiger partial charge < -0.3 is 4.42 Å². The first kappa shape index (κ1) is 9.38. The third-order valence-corrected chi connectivity index (χ3v) is 2.58. The minimum Gasteiger partial charge on any atom is -0.412 e. The van der Waals surface area contributed by atoms with E-state index in [2.05, 4.69) is 32.8 Å². The second-order valence-corrected chi connectivity index (χ2v) is 4.54. The van der Waals surface area contributed by atoms with Crippen molar-refractivity contribution < 1.29 is 4.42 Å². The van der Waals surface area contributed by atoms with Gasteiger partial charge in [-0.3, -0.25) is 0 Å². The standard InChI is InChI=1S/C8H4I2N2O/c9-6-3-1-2-5(4-6)7-11-12-8(10)13-7/h1-4H. The molecule has 66 valence electrons. The largest absolute Gasteiger partial charge is 0.412 e. The molecule has 0 amide bonds. The Morgan fingerprint density at radius 1 is 1.15 bits per heavy atom. The van der Waals surface area contributed by atoms with E-state index in [1.807, 2.05) is 46.9 Å². The summed E-state index contributed by atoms with van der Waals surface area (Å²) >= 11 is 4.24. The topological polar surface area (TPSA) is 38.9 Å². The molecule has 0 saturated carbocycles. The van der Waals surface area contributed by atoms with Crippen molar-refractivity contribution in [3.05, 3.63) is 31.7 Å². The van der Waals surface area contributed by atoms with Crippen LogP contribution < -0.4 is 0 Å². The molecule has 13 heavy (non-hydrogen) atoms. The van der Waals surface area contributed by atoms with E-state index in [0.717, 1.165) is 9.13 Å². The van der Waals surface area contributed by atoms with Crippen molar-refractivity contribution in [1.82, 2.24) is 10.2 Å². The normalized spacial score (nSPS) is 10.3. The molecular weight excluding hydrogens is 394 g/mol. The molecule has 0 fully saturated rings. The van der Waals surface area contributed by atoms with Crippen LogP contribution in [-0.4, -0.2) is 10.2 Å². The summed E-state index contributed by atoms with van der Waals surface area (Å²) in [5.74, 6) is 0.572. The van der Waals surface area contributed by atoms with Crippen molar-refractivity contribution >= 4 is 45.2 Å². The summed E-state index contributed by atoms with van der Waals surface area (Å²) in [5, 5.41) is 7.69. The average molecular weight is 398 g/mol. The first-order valence-electron chi connectivity index (χ1n) is 3.50. The van der Waals surface area contributed by atoms with Gasteiger partial charge in [-0.05, 0) is 40.8 Å². The summed E-state index contributed by atoms with van der Waals surface area (Å²) in [4.78, 5) is 0. The van der Waals surface area contributed by atoms with E-state index < -0.39 is 0 Å². The van der Waals surface area contributed by atoms with Crippen molar-refractivity contribution in [2.24, 2.45) is 0 Å². The molecule has 1 aromatic heterocycles. The van der Waals surface area contributed by atoms with Crippen molar-refractivity contribution in [3.8, 4) is 11.5 Å². The summed E-state index contributed by atoms with van der Waals surface area (Å²) in [6.45, 7) is 0. The van der Waals surface area contributed by atoms with Gasteiger partial charge in [0.05, 0.1) is 0 Å². The SMILES string of the molecule is Ic1cccc(-c2nnc(I)o2)c1. The van der Waals surface area contributed by atoms with Crippen LogP contribution in [0.2, 0.25) is 0 Å². The Morgan fingerprint density at radius 3 is 2.62 bits per heavy atom. The van der Waals surface area contributed by atoms with Gasteiger partial charge in [0.1, 0.15) is 0 Å². The summed E-state index contributed by atoms with van der Waals surface area (Å²) in [7, 11) is 0. The number of rotatable bonds is 1. The molecule has 0 bridgehead atoms. The number of hydrogen-bond acceptors (Lipinski definition) is 3. The first-order valence-corrected chi connectivity index (χ1v) is 5.66. The summed E-state index contributed by atoms with van der Waals surface area (Å²) in [5.41, 5.74) is 0.960. The second-order valence-electron chi connectivity index (χ2n) is 2.37. The van der Waals surface area contributed by atoms with Crippen molar-refractivity contribution in [3.63, 3.8) is 0 Å². The third-order valence-electron chi connectivity index (χ3n) is 1.47. The summed E-state index contributed by atoms with van der Waals surface area (Å²) in [6, 6.07) is 7.94. The Labute approximate surface area is 102 Å². The van der Waals surface area contributed by atoms with Gasteiger partial charge in [-0.1, -0.05) is 6.07 Å². The molecule has 0 spiro atoms. The fourth-order valence-electron chi connectivity index (χ4n) is 0.943. The monoisotopic (exact) mass is 398 g/mol. The third kappa shape index (κ3) is 2.19. The lowest BCUT2D eigenvalue weighted by Crippen LogP contribution is -1.78. The molecule has 1 heterocycles. The van der Waals surface area contributed by atoms with Crippen LogP contribution in [0.4, 0.5) is 0 Å². The van der Waals surface area contributed by atoms with E-state index in [0.29, 0.717) is 9.79 Å². The van der Waals surface area contributed by atoms with Crippen LogP contribution >= 0.6 is 45.2 Å². The minimum absolute atomic E-state index is 0.562. The predicted molar refractivity (Wildman–Crippen MR) is 65.2 cm³/mol. The van der Waals surface area contributed by atoms with Gasteiger partial charge in [-0.2, -0.15) is 0 Å². The molecule has 0 saturated heterocycles. The van der Waals surface area contributed by atoms with Gasteiger partial charge in [0.15, 0.2) is 0 Å². The molecule has 0 radical (unpaired) electrons. The number of halogens is 2. The van der Waals surface area contributed by atoms with E-state index in [1.54, 1.807) is 0 Å². The van der Waals surface area contributed by atoms with Gasteiger partial charge in [0.25, 0.3) is 3.90 Å². The van der Waals surface area contributed by atoms with Crippen molar-refractivity contribution in [2.75, 3.05) is 0 Å². The van der Waals surface area contributed by atoms with Gasteiger partial charge >= 0.3 is 0 Å². The first-order chi connectivity index (χ1) is 6.25. The van der Waals surface area contributed by atoms with Gasteiger partial charge in [-0.25, -0.2) is 0 Å². The molecule has 1 aromatic carbocycles. The molecule has 0 atom stereocenters. The highest BCUT2D eigenvalue weighted by Gasteiger charge is 2.05. The molecule has 2 rings (SSSR count). The van der Waals surface area contributed by atoms with Crippen LogP contribution in [0, 0.1) is 7.47 Å². The second kappa shape index (κ2) is 3.91. The van der Waals surface area contributed by atoms with Crippen LogP contribution in [0.3, 0.4) is 0 Å². The number of aromatic nitrogens is 2. The Morgan fingerprint density at radius 2 is 2.00 bits per heavy atom. The van der Waals surface area contributed by atoms with E-state index in [1.165, 1.54) is 0 Å². The van der Waals surface area contributed by atoms with Gasteiger partial charge in [0, 0.05) is 31.7 Å². The molecule has 0 aliphatic rings. The lowest BCUT2D eigenvalue weighted by molar-refractivity contribution is 0.537. The van der Waals surface area contributed by atoms with Gasteiger partial charge in [0.2, 0.25) is 5.89 Å². The lowest BCUT2D eigenvalue weighted by Gasteiger charge is -1.93. The molecule has 0 unspecified atom stereocenters. The highest BCUT2D eigenvalue weighted by molar-refractivity contribution is 14.1. The quantitative estimate of drug-likeness (QED) is 0.694. The number of hydrogen-bond donors (Lipinski definition) is 0. The zero-order valence-electron chi connectivity index (χ0n) is 6.37. The molecule has 0 aliphatic heterocycles. The average Bonchev–Trinajstić information content (AvgIpc) is 2.52. The smallest absolute Gasteiger partial charge is 0.278 e. The molecular formula is C8H4I2N2O. The van der Waals surface area contributed by atoms with Crippen molar-refractivity contribution in [2.45, 2.75) is 0 Å². The van der Waals surface area contributed by atoms with Crippen molar-refractivity contribution in [1.29, 1.82) is 0 Å². The van der Waals surface area contributed by atoms with Crippen LogP contribution in [0.5, 0.6) is 0 Å². The Kier molecular flexibility index (Phi) is 2.82. The molecule has 0 aliphatic carbocycles. The lowest BCUT2D eigenvalue weighted by atomic mass is 10.2. The summed E-state index contributed by atoms with van der Waals surface area (Å²) < 4.78 is 7.00. The van der Waals surface area contributed by atoms with E-state index in [4.69, 9.17) is 4.42 Å². The van der Waals surface area contributed by atoms with Crippen LogP contribution in [0.1, 0.15) is 0 Å².